The predicted molar refractivity (Wildman–Crippen MR) is 85.7 cm³/mol. The standard InChI is InChI=1S/C18H17ClO3/c1-21-18(20)13-3-2-12-4-7-17(11-14(12)10-13)22-16-8-5-15(19)6-9-16/h2-3,5-6,8-10,17H,4,7,11H2,1H3. The number of benzene rings is 2. The Balaban J connectivity index is 1.74. The number of methoxy groups -OCH3 is 1. The quantitative estimate of drug-likeness (QED) is 0.801. The van der Waals surface area contributed by atoms with E-state index in [1.54, 1.807) is 0 Å². The molecule has 0 saturated heterocycles. The molecule has 1 aliphatic carbocycles. The Morgan fingerprint density at radius 1 is 1.14 bits per heavy atom. The van der Waals surface area contributed by atoms with E-state index < -0.39 is 0 Å². The van der Waals surface area contributed by atoms with E-state index in [9.17, 15) is 4.79 Å². The van der Waals surface area contributed by atoms with Gasteiger partial charge in [0.15, 0.2) is 0 Å². The zero-order valence-corrected chi connectivity index (χ0v) is 13.1. The lowest BCUT2D eigenvalue weighted by molar-refractivity contribution is 0.0600. The lowest BCUT2D eigenvalue weighted by Crippen LogP contribution is -2.25. The number of fused-ring (bicyclic) bond motifs is 1. The normalized spacial score (nSPS) is 16.7. The second-order valence-electron chi connectivity index (χ2n) is 5.41. The fourth-order valence-electron chi connectivity index (χ4n) is 2.77. The molecule has 0 fully saturated rings. The number of carbonyl (C=O) groups excluding carboxylic acids is 1. The number of hydrogen-bond acceptors (Lipinski definition) is 3. The fourth-order valence-corrected chi connectivity index (χ4v) is 2.90. The zero-order valence-electron chi connectivity index (χ0n) is 12.3. The molecule has 0 amide bonds. The highest BCUT2D eigenvalue weighted by Gasteiger charge is 2.21. The minimum Gasteiger partial charge on any atom is -0.490 e. The second-order valence-corrected chi connectivity index (χ2v) is 5.85. The van der Waals surface area contributed by atoms with Gasteiger partial charge in [0.1, 0.15) is 11.9 Å². The molecule has 2 aromatic carbocycles. The number of aryl methyl sites for hydroxylation is 1. The molecule has 0 aliphatic heterocycles. The molecule has 0 bridgehead atoms. The van der Waals surface area contributed by atoms with Crippen molar-refractivity contribution in [2.45, 2.75) is 25.4 Å². The largest absolute Gasteiger partial charge is 0.490 e. The molecule has 3 rings (SSSR count). The Morgan fingerprint density at radius 2 is 1.91 bits per heavy atom. The molecule has 1 unspecified atom stereocenters. The van der Waals surface area contributed by atoms with Crippen molar-refractivity contribution in [2.75, 3.05) is 7.11 Å². The Kier molecular flexibility index (Phi) is 4.34. The molecule has 0 radical (unpaired) electrons. The van der Waals surface area contributed by atoms with Crippen LogP contribution >= 0.6 is 11.6 Å². The average Bonchev–Trinajstić information content (AvgIpc) is 2.55. The summed E-state index contributed by atoms with van der Waals surface area (Å²) in [5, 5.41) is 0.698. The van der Waals surface area contributed by atoms with Crippen LogP contribution in [-0.2, 0) is 17.6 Å². The summed E-state index contributed by atoms with van der Waals surface area (Å²) in [5.41, 5.74) is 3.03. The zero-order chi connectivity index (χ0) is 15.5. The van der Waals surface area contributed by atoms with Crippen molar-refractivity contribution in [1.82, 2.24) is 0 Å². The summed E-state index contributed by atoms with van der Waals surface area (Å²) in [6.45, 7) is 0. The highest BCUT2D eigenvalue weighted by molar-refractivity contribution is 6.30. The molecule has 0 N–H and O–H groups in total. The van der Waals surface area contributed by atoms with E-state index in [2.05, 4.69) is 0 Å². The second kappa shape index (κ2) is 6.41. The summed E-state index contributed by atoms with van der Waals surface area (Å²) in [5.74, 6) is 0.519. The summed E-state index contributed by atoms with van der Waals surface area (Å²) in [6.07, 6.45) is 2.83. The molecule has 0 heterocycles. The number of ether oxygens (including phenoxy) is 2. The summed E-state index contributed by atoms with van der Waals surface area (Å²) in [4.78, 5) is 11.6. The first-order valence-corrected chi connectivity index (χ1v) is 7.66. The van der Waals surface area contributed by atoms with Gasteiger partial charge in [-0.3, -0.25) is 0 Å². The van der Waals surface area contributed by atoms with Crippen LogP contribution in [0, 0.1) is 0 Å². The SMILES string of the molecule is COC(=O)c1ccc2c(c1)CC(Oc1ccc(Cl)cc1)CC2. The molecule has 0 saturated carbocycles. The van der Waals surface area contributed by atoms with Crippen molar-refractivity contribution >= 4 is 17.6 Å². The number of esters is 1. The lowest BCUT2D eigenvalue weighted by atomic mass is 9.88. The third-order valence-electron chi connectivity index (χ3n) is 3.93. The monoisotopic (exact) mass is 316 g/mol. The molecule has 1 aliphatic rings. The van der Waals surface area contributed by atoms with Gasteiger partial charge in [0, 0.05) is 11.4 Å². The molecule has 0 aromatic heterocycles. The topological polar surface area (TPSA) is 35.5 Å². The van der Waals surface area contributed by atoms with Crippen LogP contribution in [0.4, 0.5) is 0 Å². The maximum atomic E-state index is 11.6. The van der Waals surface area contributed by atoms with Crippen molar-refractivity contribution in [3.63, 3.8) is 0 Å². The number of hydrogen-bond donors (Lipinski definition) is 0. The van der Waals surface area contributed by atoms with Gasteiger partial charge in [-0.25, -0.2) is 4.79 Å². The number of halogens is 1. The summed E-state index contributed by atoms with van der Waals surface area (Å²) < 4.78 is 10.8. The summed E-state index contributed by atoms with van der Waals surface area (Å²) in [7, 11) is 1.40. The van der Waals surface area contributed by atoms with Crippen molar-refractivity contribution in [3.8, 4) is 5.75 Å². The third-order valence-corrected chi connectivity index (χ3v) is 4.18. The van der Waals surface area contributed by atoms with Crippen LogP contribution in [0.3, 0.4) is 0 Å². The van der Waals surface area contributed by atoms with Gasteiger partial charge in [-0.2, -0.15) is 0 Å². The van der Waals surface area contributed by atoms with Gasteiger partial charge in [-0.15, -0.1) is 0 Å². The van der Waals surface area contributed by atoms with Crippen LogP contribution in [0.2, 0.25) is 5.02 Å². The lowest BCUT2D eigenvalue weighted by Gasteiger charge is -2.26. The predicted octanol–water partition coefficient (Wildman–Crippen LogP) is 4.06. The maximum absolute atomic E-state index is 11.6. The van der Waals surface area contributed by atoms with Crippen LogP contribution in [0.15, 0.2) is 42.5 Å². The third kappa shape index (κ3) is 3.25. The molecule has 4 heteroatoms. The van der Waals surface area contributed by atoms with Crippen molar-refractivity contribution < 1.29 is 14.3 Å². The number of carbonyl (C=O) groups is 1. The van der Waals surface area contributed by atoms with Gasteiger partial charge in [0.25, 0.3) is 0 Å². The van der Waals surface area contributed by atoms with E-state index in [4.69, 9.17) is 21.1 Å². The van der Waals surface area contributed by atoms with E-state index in [1.807, 2.05) is 42.5 Å². The van der Waals surface area contributed by atoms with Gasteiger partial charge in [-0.1, -0.05) is 17.7 Å². The minimum atomic E-state index is -0.302. The van der Waals surface area contributed by atoms with Gasteiger partial charge in [0.05, 0.1) is 12.7 Å². The Hall–Kier alpha value is -2.00. The van der Waals surface area contributed by atoms with Crippen molar-refractivity contribution in [3.05, 3.63) is 64.2 Å². The van der Waals surface area contributed by atoms with E-state index in [0.29, 0.717) is 10.6 Å². The van der Waals surface area contributed by atoms with Gasteiger partial charge >= 0.3 is 5.97 Å². The Labute approximate surface area is 134 Å². The Bertz CT molecular complexity index is 679. The smallest absolute Gasteiger partial charge is 0.337 e. The highest BCUT2D eigenvalue weighted by atomic mass is 35.5. The Morgan fingerprint density at radius 3 is 2.64 bits per heavy atom. The van der Waals surface area contributed by atoms with Crippen molar-refractivity contribution in [1.29, 1.82) is 0 Å². The summed E-state index contributed by atoms with van der Waals surface area (Å²) >= 11 is 5.88. The van der Waals surface area contributed by atoms with Gasteiger partial charge in [-0.05, 0) is 60.4 Å². The van der Waals surface area contributed by atoms with Gasteiger partial charge < -0.3 is 9.47 Å². The molecular weight excluding hydrogens is 300 g/mol. The van der Waals surface area contributed by atoms with Crippen LogP contribution in [-0.4, -0.2) is 19.2 Å². The average molecular weight is 317 g/mol. The van der Waals surface area contributed by atoms with E-state index in [-0.39, 0.29) is 12.1 Å². The van der Waals surface area contributed by atoms with E-state index >= 15 is 0 Å². The summed E-state index contributed by atoms with van der Waals surface area (Å²) in [6, 6.07) is 13.2. The molecule has 0 spiro atoms. The van der Waals surface area contributed by atoms with Crippen LogP contribution in [0.5, 0.6) is 5.75 Å². The van der Waals surface area contributed by atoms with Crippen LogP contribution in [0.25, 0.3) is 0 Å². The minimum absolute atomic E-state index is 0.113. The number of rotatable bonds is 3. The van der Waals surface area contributed by atoms with E-state index in [1.165, 1.54) is 12.7 Å². The molecule has 114 valence electrons. The molecule has 22 heavy (non-hydrogen) atoms. The first-order chi connectivity index (χ1) is 10.7. The van der Waals surface area contributed by atoms with E-state index in [0.717, 1.165) is 30.6 Å². The van der Waals surface area contributed by atoms with Gasteiger partial charge in [0.2, 0.25) is 0 Å². The first kappa shape index (κ1) is 14.9. The van der Waals surface area contributed by atoms with Crippen LogP contribution in [0.1, 0.15) is 27.9 Å². The highest BCUT2D eigenvalue weighted by Crippen LogP contribution is 2.26. The molecule has 2 aromatic rings. The molecule has 3 nitrogen and oxygen atoms in total. The fraction of sp³-hybridized carbons (Fsp3) is 0.278. The van der Waals surface area contributed by atoms with Crippen LogP contribution < -0.4 is 4.74 Å². The van der Waals surface area contributed by atoms with Crippen molar-refractivity contribution in [2.24, 2.45) is 0 Å². The molecular formula is C18H17ClO3. The first-order valence-electron chi connectivity index (χ1n) is 7.28. The maximum Gasteiger partial charge on any atom is 0.337 e. The molecule has 1 atom stereocenters.